The lowest BCUT2D eigenvalue weighted by molar-refractivity contribution is -0.125. The Labute approximate surface area is 272 Å². The molecule has 0 spiro atoms. The molecule has 1 aliphatic heterocycles. The maximum absolute atomic E-state index is 13.8. The molecule has 1 atom stereocenters. The van der Waals surface area contributed by atoms with Crippen LogP contribution in [0.3, 0.4) is 0 Å². The van der Waals surface area contributed by atoms with E-state index in [2.05, 4.69) is 5.32 Å². The van der Waals surface area contributed by atoms with Gasteiger partial charge in [-0.15, -0.1) is 11.3 Å². The number of ether oxygens (including phenoxy) is 2. The van der Waals surface area contributed by atoms with Crippen molar-refractivity contribution in [1.29, 1.82) is 0 Å². The van der Waals surface area contributed by atoms with E-state index in [1.807, 2.05) is 24.3 Å². The predicted molar refractivity (Wildman–Crippen MR) is 174 cm³/mol. The molecule has 4 aromatic rings. The van der Waals surface area contributed by atoms with E-state index in [-0.39, 0.29) is 23.6 Å². The van der Waals surface area contributed by atoms with Crippen molar-refractivity contribution in [2.24, 2.45) is 0 Å². The first-order valence-corrected chi connectivity index (χ1v) is 17.6. The topological polar surface area (TPSA) is 119 Å². The summed E-state index contributed by atoms with van der Waals surface area (Å²) in [7, 11) is -3.80. The number of thiophene rings is 1. The van der Waals surface area contributed by atoms with E-state index >= 15 is 0 Å². The number of rotatable bonds is 9. The van der Waals surface area contributed by atoms with Crippen LogP contribution >= 0.6 is 11.3 Å². The molecule has 46 heavy (non-hydrogen) atoms. The molecule has 1 amide bonds. The zero-order valence-corrected chi connectivity index (χ0v) is 27.0. The molecule has 0 saturated carbocycles. The number of nitrogens with zero attached hydrogens (tertiary/aromatic N) is 1. The Balaban J connectivity index is 1.21. The van der Waals surface area contributed by atoms with Crippen LogP contribution in [0.2, 0.25) is 0 Å². The van der Waals surface area contributed by atoms with Crippen LogP contribution in [-0.4, -0.2) is 43.7 Å². The fraction of sp³-hybridized carbons (Fsp3) is 0.286. The van der Waals surface area contributed by atoms with Gasteiger partial charge in [0.05, 0.1) is 22.6 Å². The Bertz CT molecular complexity index is 1870. The maximum Gasteiger partial charge on any atom is 0.341 e. The molecule has 0 fully saturated rings. The standard InChI is InChI=1S/C35H34N2O7S2/c1-2-43-35(40)30-28-14-8-9-15-29(28)45-33(30)36-32(38)31(24-11-4-3-5-12-24)44-34(39)25-16-18-27(19-17-25)46(41,42)37-21-20-23-10-6-7-13-26(23)22-37/h3-7,10-13,16-19,31H,2,8-9,14-15,20-22H2,1H3,(H,36,38)/t31-/m1/s1. The fourth-order valence-corrected chi connectivity index (χ4v) is 8.61. The molecule has 2 heterocycles. The normalized spacial score (nSPS) is 15.2. The number of carbonyl (C=O) groups is 3. The lowest BCUT2D eigenvalue weighted by atomic mass is 9.95. The van der Waals surface area contributed by atoms with E-state index in [9.17, 15) is 22.8 Å². The van der Waals surface area contributed by atoms with Gasteiger partial charge in [0, 0.05) is 23.5 Å². The molecule has 9 nitrogen and oxygen atoms in total. The van der Waals surface area contributed by atoms with E-state index < -0.39 is 34.0 Å². The van der Waals surface area contributed by atoms with Gasteiger partial charge in [-0.1, -0.05) is 54.6 Å². The van der Waals surface area contributed by atoms with Crippen molar-refractivity contribution in [3.63, 3.8) is 0 Å². The molecule has 238 valence electrons. The van der Waals surface area contributed by atoms with E-state index in [4.69, 9.17) is 9.47 Å². The number of benzene rings is 3. The number of hydrogen-bond acceptors (Lipinski definition) is 8. The summed E-state index contributed by atoms with van der Waals surface area (Å²) in [5.74, 6) is -1.90. The zero-order chi connectivity index (χ0) is 32.3. The van der Waals surface area contributed by atoms with Gasteiger partial charge in [0.15, 0.2) is 0 Å². The highest BCUT2D eigenvalue weighted by atomic mass is 32.2. The molecule has 1 aliphatic carbocycles. The number of carbonyl (C=O) groups excluding carboxylic acids is 3. The number of amides is 1. The number of esters is 2. The first-order chi connectivity index (χ1) is 22.3. The van der Waals surface area contributed by atoms with E-state index in [1.165, 1.54) is 39.9 Å². The van der Waals surface area contributed by atoms with Crippen molar-refractivity contribution in [3.8, 4) is 0 Å². The lowest BCUT2D eigenvalue weighted by Gasteiger charge is -2.28. The number of anilines is 1. The SMILES string of the molecule is CCOC(=O)c1c(NC(=O)[C@H](OC(=O)c2ccc(S(=O)(=O)N3CCc4ccccc4C3)cc2)c2ccccc2)sc2c1CCCC2. The largest absolute Gasteiger partial charge is 0.462 e. The van der Waals surface area contributed by atoms with Crippen molar-refractivity contribution in [2.75, 3.05) is 18.5 Å². The molecule has 6 rings (SSSR count). The number of hydrogen-bond donors (Lipinski definition) is 1. The van der Waals surface area contributed by atoms with Gasteiger partial charge in [0.25, 0.3) is 5.91 Å². The molecule has 2 aliphatic rings. The molecule has 3 aromatic carbocycles. The van der Waals surface area contributed by atoms with Crippen molar-refractivity contribution in [3.05, 3.63) is 117 Å². The summed E-state index contributed by atoms with van der Waals surface area (Å²) in [6.45, 7) is 2.57. The molecular weight excluding hydrogens is 625 g/mol. The van der Waals surface area contributed by atoms with Gasteiger partial charge in [-0.3, -0.25) is 4.79 Å². The minimum Gasteiger partial charge on any atom is -0.462 e. The molecule has 0 saturated heterocycles. The quantitative estimate of drug-likeness (QED) is 0.216. The molecule has 0 radical (unpaired) electrons. The van der Waals surface area contributed by atoms with Gasteiger partial charge >= 0.3 is 11.9 Å². The van der Waals surface area contributed by atoms with Crippen molar-refractivity contribution in [1.82, 2.24) is 4.31 Å². The van der Waals surface area contributed by atoms with Gasteiger partial charge in [-0.25, -0.2) is 18.0 Å². The monoisotopic (exact) mass is 658 g/mol. The summed E-state index contributed by atoms with van der Waals surface area (Å²) < 4.78 is 39.4. The van der Waals surface area contributed by atoms with Gasteiger partial charge < -0.3 is 14.8 Å². The number of fused-ring (bicyclic) bond motifs is 2. The van der Waals surface area contributed by atoms with Gasteiger partial charge in [-0.05, 0) is 80.0 Å². The molecule has 11 heteroatoms. The maximum atomic E-state index is 13.8. The van der Waals surface area contributed by atoms with E-state index in [0.29, 0.717) is 29.1 Å². The first-order valence-electron chi connectivity index (χ1n) is 15.3. The molecular formula is C35H34N2O7S2. The van der Waals surface area contributed by atoms with Crippen molar-refractivity contribution < 1.29 is 32.3 Å². The van der Waals surface area contributed by atoms with Gasteiger partial charge in [0.2, 0.25) is 16.1 Å². The fourth-order valence-electron chi connectivity index (χ4n) is 5.91. The Morgan fingerprint density at radius 3 is 2.30 bits per heavy atom. The Kier molecular flexibility index (Phi) is 9.34. The summed E-state index contributed by atoms with van der Waals surface area (Å²) in [5, 5.41) is 3.23. The van der Waals surface area contributed by atoms with Crippen LogP contribution in [0, 0.1) is 0 Å². The van der Waals surface area contributed by atoms with Gasteiger partial charge in [0.1, 0.15) is 5.00 Å². The third-order valence-corrected chi connectivity index (χ3v) is 11.3. The summed E-state index contributed by atoms with van der Waals surface area (Å²) in [5.41, 5.74) is 3.91. The molecule has 0 bridgehead atoms. The average Bonchev–Trinajstić information content (AvgIpc) is 3.45. The molecule has 1 aromatic heterocycles. The highest BCUT2D eigenvalue weighted by Gasteiger charge is 2.32. The number of sulfonamides is 1. The second-order valence-corrected chi connectivity index (χ2v) is 14.2. The first kappa shape index (κ1) is 31.7. The third-order valence-electron chi connectivity index (χ3n) is 8.28. The van der Waals surface area contributed by atoms with Gasteiger partial charge in [-0.2, -0.15) is 4.31 Å². The van der Waals surface area contributed by atoms with E-state index in [0.717, 1.165) is 47.3 Å². The number of aryl methyl sites for hydroxylation is 1. The summed E-state index contributed by atoms with van der Waals surface area (Å²) in [4.78, 5) is 41.2. The lowest BCUT2D eigenvalue weighted by Crippen LogP contribution is -2.35. The summed E-state index contributed by atoms with van der Waals surface area (Å²) in [6.07, 6.45) is 2.77. The zero-order valence-electron chi connectivity index (χ0n) is 25.4. The second kappa shape index (κ2) is 13.6. The Hall–Kier alpha value is -4.32. The Morgan fingerprint density at radius 1 is 0.870 bits per heavy atom. The second-order valence-electron chi connectivity index (χ2n) is 11.2. The average molecular weight is 659 g/mol. The minimum absolute atomic E-state index is 0.0638. The van der Waals surface area contributed by atoms with Crippen molar-refractivity contribution in [2.45, 2.75) is 56.6 Å². The Morgan fingerprint density at radius 2 is 1.57 bits per heavy atom. The molecule has 0 unspecified atom stereocenters. The van der Waals surface area contributed by atoms with Crippen LogP contribution in [0.15, 0.2) is 83.8 Å². The predicted octanol–water partition coefficient (Wildman–Crippen LogP) is 6.09. The van der Waals surface area contributed by atoms with Crippen LogP contribution in [0.5, 0.6) is 0 Å². The van der Waals surface area contributed by atoms with E-state index in [1.54, 1.807) is 37.3 Å². The highest BCUT2D eigenvalue weighted by molar-refractivity contribution is 7.89. The van der Waals surface area contributed by atoms with Crippen LogP contribution in [0.4, 0.5) is 5.00 Å². The molecule has 1 N–H and O–H groups in total. The smallest absolute Gasteiger partial charge is 0.341 e. The highest BCUT2D eigenvalue weighted by Crippen LogP contribution is 2.39. The van der Waals surface area contributed by atoms with Crippen LogP contribution in [0.1, 0.15) is 73.7 Å². The van der Waals surface area contributed by atoms with Crippen LogP contribution < -0.4 is 5.32 Å². The number of nitrogens with one attached hydrogen (secondary N) is 1. The minimum atomic E-state index is -3.80. The van der Waals surface area contributed by atoms with Crippen LogP contribution in [0.25, 0.3) is 0 Å². The third kappa shape index (κ3) is 6.48. The summed E-state index contributed by atoms with van der Waals surface area (Å²) in [6, 6.07) is 21.9. The summed E-state index contributed by atoms with van der Waals surface area (Å²) >= 11 is 1.35. The van der Waals surface area contributed by atoms with Crippen molar-refractivity contribution >= 4 is 44.2 Å². The van der Waals surface area contributed by atoms with Crippen LogP contribution in [-0.2, 0) is 50.1 Å².